The van der Waals surface area contributed by atoms with E-state index in [1.165, 1.54) is 12.3 Å². The van der Waals surface area contributed by atoms with Crippen molar-refractivity contribution >= 4 is 11.7 Å². The molecule has 5 heteroatoms. The Labute approximate surface area is 99.8 Å². The number of carbonyl (C=O) groups is 1. The Morgan fingerprint density at radius 1 is 1.71 bits per heavy atom. The minimum Gasteiger partial charge on any atom is -0.478 e. The first-order chi connectivity index (χ1) is 8.18. The highest BCUT2D eigenvalue weighted by atomic mass is 16.5. The van der Waals surface area contributed by atoms with E-state index in [0.29, 0.717) is 11.6 Å². The molecular weight excluding hydrogens is 220 g/mol. The maximum atomic E-state index is 11.0. The van der Waals surface area contributed by atoms with Gasteiger partial charge in [0, 0.05) is 24.8 Å². The number of nitrogens with one attached hydrogen (secondary N) is 1. The van der Waals surface area contributed by atoms with Crippen molar-refractivity contribution in [2.45, 2.75) is 19.4 Å². The molecule has 1 aromatic heterocycles. The highest BCUT2D eigenvalue weighted by molar-refractivity contribution is 5.93. The van der Waals surface area contributed by atoms with Gasteiger partial charge >= 0.3 is 5.97 Å². The Balaban J connectivity index is 2.09. The van der Waals surface area contributed by atoms with E-state index < -0.39 is 5.97 Å². The van der Waals surface area contributed by atoms with Crippen molar-refractivity contribution in [3.63, 3.8) is 0 Å². The van der Waals surface area contributed by atoms with Crippen molar-refractivity contribution in [2.24, 2.45) is 5.92 Å². The van der Waals surface area contributed by atoms with Gasteiger partial charge in [-0.05, 0) is 19.4 Å². The molecule has 2 atom stereocenters. The van der Waals surface area contributed by atoms with Crippen LogP contribution < -0.4 is 5.32 Å². The number of carboxylic acids is 1. The minimum absolute atomic E-state index is 0.180. The van der Waals surface area contributed by atoms with Crippen LogP contribution in [0.1, 0.15) is 23.7 Å². The number of aromatic nitrogens is 1. The Morgan fingerprint density at radius 3 is 3.18 bits per heavy atom. The summed E-state index contributed by atoms with van der Waals surface area (Å²) in [5.41, 5.74) is 0.824. The molecule has 0 saturated carbocycles. The molecule has 0 aliphatic carbocycles. The maximum Gasteiger partial charge on any atom is 0.337 e. The first-order valence-electron chi connectivity index (χ1n) is 5.70. The third-order valence-corrected chi connectivity index (χ3v) is 3.11. The number of rotatable bonds is 4. The van der Waals surface area contributed by atoms with Crippen molar-refractivity contribution in [1.29, 1.82) is 0 Å². The molecule has 17 heavy (non-hydrogen) atoms. The summed E-state index contributed by atoms with van der Waals surface area (Å²) in [5.74, 6) is -0.512. The van der Waals surface area contributed by atoms with E-state index in [1.54, 1.807) is 6.20 Å². The molecular formula is C12H16N2O3. The molecule has 2 N–H and O–H groups in total. The van der Waals surface area contributed by atoms with E-state index in [9.17, 15) is 4.79 Å². The second-order valence-electron chi connectivity index (χ2n) is 4.28. The lowest BCUT2D eigenvalue weighted by Crippen LogP contribution is -2.27. The molecule has 5 nitrogen and oxygen atoms in total. The summed E-state index contributed by atoms with van der Waals surface area (Å²) in [6.45, 7) is 3.56. The first-order valence-corrected chi connectivity index (χ1v) is 5.70. The summed E-state index contributed by atoms with van der Waals surface area (Å²) in [6.07, 6.45) is 4.05. The second kappa shape index (κ2) is 5.14. The van der Waals surface area contributed by atoms with Gasteiger partial charge in [0.1, 0.15) is 0 Å². The fourth-order valence-electron chi connectivity index (χ4n) is 2.01. The van der Waals surface area contributed by atoms with Crippen molar-refractivity contribution in [3.05, 3.63) is 24.0 Å². The predicted molar refractivity (Wildman–Crippen MR) is 63.2 cm³/mol. The van der Waals surface area contributed by atoms with E-state index in [4.69, 9.17) is 9.84 Å². The largest absolute Gasteiger partial charge is 0.478 e. The fourth-order valence-corrected chi connectivity index (χ4v) is 2.01. The van der Waals surface area contributed by atoms with Crippen LogP contribution in [0, 0.1) is 5.92 Å². The van der Waals surface area contributed by atoms with E-state index in [0.717, 1.165) is 19.6 Å². The molecule has 0 spiro atoms. The van der Waals surface area contributed by atoms with Crippen LogP contribution in [-0.4, -0.2) is 35.3 Å². The molecule has 92 valence electrons. The Kier molecular flexibility index (Phi) is 3.58. The fraction of sp³-hybridized carbons (Fsp3) is 0.500. The number of aromatic carboxylic acids is 1. The van der Waals surface area contributed by atoms with Gasteiger partial charge in [-0.15, -0.1) is 0 Å². The van der Waals surface area contributed by atoms with Crippen LogP contribution in [0.25, 0.3) is 0 Å². The number of ether oxygens (including phenoxy) is 1. The van der Waals surface area contributed by atoms with Gasteiger partial charge in [-0.1, -0.05) is 0 Å². The molecule has 2 heterocycles. The second-order valence-corrected chi connectivity index (χ2v) is 4.28. The zero-order chi connectivity index (χ0) is 12.3. The van der Waals surface area contributed by atoms with Crippen LogP contribution in [0.15, 0.2) is 18.5 Å². The number of hydrogen-bond acceptors (Lipinski definition) is 4. The van der Waals surface area contributed by atoms with Gasteiger partial charge in [0.25, 0.3) is 0 Å². The zero-order valence-corrected chi connectivity index (χ0v) is 9.72. The summed E-state index contributed by atoms with van der Waals surface area (Å²) < 4.78 is 5.32. The van der Waals surface area contributed by atoms with Gasteiger partial charge in [-0.25, -0.2) is 4.79 Å². The molecule has 0 bridgehead atoms. The van der Waals surface area contributed by atoms with Gasteiger partial charge in [0.15, 0.2) is 0 Å². The van der Waals surface area contributed by atoms with Crippen LogP contribution in [-0.2, 0) is 4.74 Å². The van der Waals surface area contributed by atoms with Gasteiger partial charge in [-0.2, -0.15) is 0 Å². The number of hydrogen-bond donors (Lipinski definition) is 2. The molecule has 2 unspecified atom stereocenters. The molecule has 1 aromatic rings. The lowest BCUT2D eigenvalue weighted by atomic mass is 10.0. The van der Waals surface area contributed by atoms with Crippen molar-refractivity contribution in [3.8, 4) is 0 Å². The van der Waals surface area contributed by atoms with Crippen molar-refractivity contribution < 1.29 is 14.6 Å². The highest BCUT2D eigenvalue weighted by Crippen LogP contribution is 2.21. The first kappa shape index (κ1) is 11.9. The summed E-state index contributed by atoms with van der Waals surface area (Å²) in [5, 5.41) is 12.3. The molecule has 1 fully saturated rings. The molecule has 2 rings (SSSR count). The van der Waals surface area contributed by atoms with Crippen LogP contribution in [0.5, 0.6) is 0 Å². The van der Waals surface area contributed by atoms with Crippen LogP contribution >= 0.6 is 0 Å². The average Bonchev–Trinajstić information content (AvgIpc) is 2.83. The van der Waals surface area contributed by atoms with E-state index in [2.05, 4.69) is 10.3 Å². The Bertz CT molecular complexity index is 402. The zero-order valence-electron chi connectivity index (χ0n) is 9.72. The maximum absolute atomic E-state index is 11.0. The minimum atomic E-state index is -0.940. The lowest BCUT2D eigenvalue weighted by molar-refractivity contribution is 0.0697. The SMILES string of the molecule is CC(Nc1cnccc1C(=O)O)C1CCOC1. The van der Waals surface area contributed by atoms with Gasteiger partial charge in [0.05, 0.1) is 24.1 Å². The topological polar surface area (TPSA) is 71.5 Å². The molecule has 1 aliphatic heterocycles. The molecule has 0 radical (unpaired) electrons. The smallest absolute Gasteiger partial charge is 0.337 e. The normalized spacial score (nSPS) is 21.1. The number of pyridine rings is 1. The lowest BCUT2D eigenvalue weighted by Gasteiger charge is -2.21. The summed E-state index contributed by atoms with van der Waals surface area (Å²) in [7, 11) is 0. The van der Waals surface area contributed by atoms with Gasteiger partial charge < -0.3 is 15.2 Å². The number of nitrogens with zero attached hydrogens (tertiary/aromatic N) is 1. The van der Waals surface area contributed by atoms with Crippen molar-refractivity contribution in [1.82, 2.24) is 4.98 Å². The molecule has 1 saturated heterocycles. The molecule has 0 aromatic carbocycles. The number of anilines is 1. The highest BCUT2D eigenvalue weighted by Gasteiger charge is 2.23. The van der Waals surface area contributed by atoms with Gasteiger partial charge in [0.2, 0.25) is 0 Å². The molecule has 0 amide bonds. The monoisotopic (exact) mass is 236 g/mol. The average molecular weight is 236 g/mol. The van der Waals surface area contributed by atoms with E-state index in [1.807, 2.05) is 6.92 Å². The predicted octanol–water partition coefficient (Wildman–Crippen LogP) is 1.62. The van der Waals surface area contributed by atoms with Crippen LogP contribution in [0.3, 0.4) is 0 Å². The third-order valence-electron chi connectivity index (χ3n) is 3.11. The summed E-state index contributed by atoms with van der Waals surface area (Å²) in [4.78, 5) is 15.0. The quantitative estimate of drug-likeness (QED) is 0.831. The Morgan fingerprint density at radius 2 is 2.53 bits per heavy atom. The van der Waals surface area contributed by atoms with E-state index >= 15 is 0 Å². The summed E-state index contributed by atoms with van der Waals surface area (Å²) in [6, 6.07) is 1.68. The van der Waals surface area contributed by atoms with Crippen LogP contribution in [0.4, 0.5) is 5.69 Å². The third kappa shape index (κ3) is 2.74. The number of carboxylic acid groups (broad SMARTS) is 1. The van der Waals surface area contributed by atoms with Crippen molar-refractivity contribution in [2.75, 3.05) is 18.5 Å². The molecule has 1 aliphatic rings. The van der Waals surface area contributed by atoms with E-state index in [-0.39, 0.29) is 11.6 Å². The van der Waals surface area contributed by atoms with Crippen LogP contribution in [0.2, 0.25) is 0 Å². The standard InChI is InChI=1S/C12H16N2O3/c1-8(9-3-5-17-7-9)14-11-6-13-4-2-10(11)12(15)16/h2,4,6,8-9,14H,3,5,7H2,1H3,(H,15,16). The van der Waals surface area contributed by atoms with Gasteiger partial charge in [-0.3, -0.25) is 4.98 Å². The Hall–Kier alpha value is -1.62. The summed E-state index contributed by atoms with van der Waals surface area (Å²) >= 11 is 0.